The smallest absolute Gasteiger partial charge is 0.107 e. The topological polar surface area (TPSA) is 47.3 Å². The highest BCUT2D eigenvalue weighted by atomic mass is 16.5. The second-order valence-corrected chi connectivity index (χ2v) is 3.89. The maximum Gasteiger partial charge on any atom is 0.107 e. The third-order valence-corrected chi connectivity index (χ3v) is 3.27. The van der Waals surface area contributed by atoms with Crippen LogP contribution >= 0.6 is 0 Å². The summed E-state index contributed by atoms with van der Waals surface area (Å²) >= 11 is 0. The van der Waals surface area contributed by atoms with E-state index >= 15 is 0 Å². The van der Waals surface area contributed by atoms with Gasteiger partial charge in [0.05, 0.1) is 6.04 Å². The van der Waals surface area contributed by atoms with Gasteiger partial charge in [-0.3, -0.25) is 11.3 Å². The average Bonchev–Trinajstić information content (AvgIpc) is 2.53. The molecule has 3 N–H and O–H groups in total. The first-order chi connectivity index (χ1) is 6.72. The Kier molecular flexibility index (Phi) is 2.31. The highest BCUT2D eigenvalue weighted by molar-refractivity contribution is 5.39. The van der Waals surface area contributed by atoms with Crippen molar-refractivity contribution in [1.82, 2.24) is 5.43 Å². The molecule has 1 aromatic carbocycles. The monoisotopic (exact) mass is 192 g/mol. The Bertz CT molecular complexity index is 340. The van der Waals surface area contributed by atoms with Crippen LogP contribution in [-0.2, 0) is 16.8 Å². The lowest BCUT2D eigenvalue weighted by Gasteiger charge is -2.30. The highest BCUT2D eigenvalue weighted by Gasteiger charge is 2.42. The maximum absolute atomic E-state index is 5.59. The minimum Gasteiger partial charge on any atom is -0.372 e. The molecular weight excluding hydrogens is 176 g/mol. The summed E-state index contributed by atoms with van der Waals surface area (Å²) in [6.07, 6.45) is 0.928. The van der Waals surface area contributed by atoms with Gasteiger partial charge in [-0.1, -0.05) is 24.3 Å². The SMILES string of the molecule is CO[C@@]1(C)c2ccccc2C[C@@H]1NN. The van der Waals surface area contributed by atoms with Crippen molar-refractivity contribution >= 4 is 0 Å². The first kappa shape index (κ1) is 9.65. The molecule has 0 fully saturated rings. The molecule has 14 heavy (non-hydrogen) atoms. The molecule has 0 amide bonds. The number of benzene rings is 1. The van der Waals surface area contributed by atoms with Gasteiger partial charge in [0, 0.05) is 7.11 Å². The first-order valence-electron chi connectivity index (χ1n) is 4.82. The summed E-state index contributed by atoms with van der Waals surface area (Å²) in [5.41, 5.74) is 5.09. The minimum atomic E-state index is -0.300. The number of hydrazine groups is 1. The molecule has 1 aromatic rings. The molecule has 0 radical (unpaired) electrons. The summed E-state index contributed by atoms with van der Waals surface area (Å²) < 4.78 is 5.59. The summed E-state index contributed by atoms with van der Waals surface area (Å²) in [6.45, 7) is 2.07. The van der Waals surface area contributed by atoms with Crippen LogP contribution in [0.1, 0.15) is 18.1 Å². The molecule has 0 saturated carbocycles. The predicted molar refractivity (Wildman–Crippen MR) is 55.6 cm³/mol. The fourth-order valence-electron chi connectivity index (χ4n) is 2.26. The van der Waals surface area contributed by atoms with E-state index in [1.54, 1.807) is 7.11 Å². The van der Waals surface area contributed by atoms with Gasteiger partial charge in [0.25, 0.3) is 0 Å². The van der Waals surface area contributed by atoms with Gasteiger partial charge >= 0.3 is 0 Å². The van der Waals surface area contributed by atoms with Crippen LogP contribution in [0, 0.1) is 0 Å². The van der Waals surface area contributed by atoms with Gasteiger partial charge in [-0.15, -0.1) is 0 Å². The summed E-state index contributed by atoms with van der Waals surface area (Å²) in [5.74, 6) is 5.53. The Hall–Kier alpha value is -0.900. The van der Waals surface area contributed by atoms with Crippen LogP contribution in [0.3, 0.4) is 0 Å². The molecule has 0 saturated heterocycles. The third kappa shape index (κ3) is 1.17. The Morgan fingerprint density at radius 2 is 2.21 bits per heavy atom. The fourth-order valence-corrected chi connectivity index (χ4v) is 2.26. The quantitative estimate of drug-likeness (QED) is 0.541. The van der Waals surface area contributed by atoms with Crippen molar-refractivity contribution < 1.29 is 4.74 Å². The minimum absolute atomic E-state index is 0.157. The van der Waals surface area contributed by atoms with E-state index in [0.29, 0.717) is 0 Å². The average molecular weight is 192 g/mol. The van der Waals surface area contributed by atoms with Gasteiger partial charge in [0.15, 0.2) is 0 Å². The number of nitrogens with one attached hydrogen (secondary N) is 1. The molecule has 1 aliphatic rings. The van der Waals surface area contributed by atoms with Crippen molar-refractivity contribution in [3.05, 3.63) is 35.4 Å². The van der Waals surface area contributed by atoms with Crippen molar-refractivity contribution in [1.29, 1.82) is 0 Å². The normalized spacial score (nSPS) is 30.4. The fraction of sp³-hybridized carbons (Fsp3) is 0.455. The van der Waals surface area contributed by atoms with Gasteiger partial charge in [-0.05, 0) is 24.5 Å². The Morgan fingerprint density at radius 1 is 1.50 bits per heavy atom. The zero-order valence-corrected chi connectivity index (χ0v) is 8.58. The zero-order chi connectivity index (χ0) is 10.2. The van der Waals surface area contributed by atoms with Crippen molar-refractivity contribution in [3.63, 3.8) is 0 Å². The molecule has 0 unspecified atom stereocenters. The first-order valence-corrected chi connectivity index (χ1v) is 4.82. The van der Waals surface area contributed by atoms with Crippen molar-refractivity contribution in [2.24, 2.45) is 5.84 Å². The van der Waals surface area contributed by atoms with E-state index in [4.69, 9.17) is 10.6 Å². The van der Waals surface area contributed by atoms with Gasteiger partial charge < -0.3 is 4.74 Å². The van der Waals surface area contributed by atoms with Crippen LogP contribution < -0.4 is 11.3 Å². The summed E-state index contributed by atoms with van der Waals surface area (Å²) in [5, 5.41) is 0. The van der Waals surface area contributed by atoms with E-state index in [9.17, 15) is 0 Å². The van der Waals surface area contributed by atoms with Crippen molar-refractivity contribution in [3.8, 4) is 0 Å². The van der Waals surface area contributed by atoms with Crippen LogP contribution in [0.15, 0.2) is 24.3 Å². The summed E-state index contributed by atoms with van der Waals surface area (Å²) in [4.78, 5) is 0. The van der Waals surface area contributed by atoms with E-state index in [0.717, 1.165) is 6.42 Å². The number of methoxy groups -OCH3 is 1. The van der Waals surface area contributed by atoms with Crippen molar-refractivity contribution in [2.75, 3.05) is 7.11 Å². The Labute approximate surface area is 84.2 Å². The molecule has 3 heteroatoms. The van der Waals surface area contributed by atoms with Crippen LogP contribution in [0.2, 0.25) is 0 Å². The molecule has 2 atom stereocenters. The molecule has 3 nitrogen and oxygen atoms in total. The number of hydrogen-bond donors (Lipinski definition) is 2. The van der Waals surface area contributed by atoms with Gasteiger partial charge in [0.1, 0.15) is 5.60 Å². The van der Waals surface area contributed by atoms with E-state index in [-0.39, 0.29) is 11.6 Å². The molecule has 0 aromatic heterocycles. The third-order valence-electron chi connectivity index (χ3n) is 3.27. The second kappa shape index (κ2) is 3.35. The lowest BCUT2D eigenvalue weighted by atomic mass is 9.95. The molecule has 0 bridgehead atoms. The van der Waals surface area contributed by atoms with Crippen LogP contribution in [0.5, 0.6) is 0 Å². The molecule has 0 aliphatic heterocycles. The predicted octanol–water partition coefficient (Wildman–Crippen LogP) is 0.936. The van der Waals surface area contributed by atoms with Gasteiger partial charge in [-0.2, -0.15) is 0 Å². The van der Waals surface area contributed by atoms with E-state index in [1.807, 2.05) is 12.1 Å². The van der Waals surface area contributed by atoms with Gasteiger partial charge in [0.2, 0.25) is 0 Å². The molecule has 2 rings (SSSR count). The lowest BCUT2D eigenvalue weighted by molar-refractivity contribution is -0.0207. The zero-order valence-electron chi connectivity index (χ0n) is 8.58. The Balaban J connectivity index is 2.47. The number of rotatable bonds is 2. The standard InChI is InChI=1S/C11H16N2O/c1-11(14-2)9-6-4-3-5-8(9)7-10(11)13-12/h3-6,10,13H,7,12H2,1-2H3/t10-,11-/m0/s1. The maximum atomic E-state index is 5.59. The van der Waals surface area contributed by atoms with Crippen LogP contribution in [0.25, 0.3) is 0 Å². The van der Waals surface area contributed by atoms with E-state index < -0.39 is 0 Å². The second-order valence-electron chi connectivity index (χ2n) is 3.89. The molecule has 0 heterocycles. The van der Waals surface area contributed by atoms with E-state index in [1.165, 1.54) is 11.1 Å². The van der Waals surface area contributed by atoms with Crippen LogP contribution in [-0.4, -0.2) is 13.2 Å². The summed E-state index contributed by atoms with van der Waals surface area (Å²) in [6, 6.07) is 8.48. The summed E-state index contributed by atoms with van der Waals surface area (Å²) in [7, 11) is 1.73. The molecule has 0 spiro atoms. The lowest BCUT2D eigenvalue weighted by Crippen LogP contribution is -2.48. The molecular formula is C11H16N2O. The molecule has 76 valence electrons. The van der Waals surface area contributed by atoms with Crippen molar-refractivity contribution in [2.45, 2.75) is 25.0 Å². The molecule has 1 aliphatic carbocycles. The van der Waals surface area contributed by atoms with Crippen LogP contribution in [0.4, 0.5) is 0 Å². The number of fused-ring (bicyclic) bond motifs is 1. The van der Waals surface area contributed by atoms with E-state index in [2.05, 4.69) is 24.5 Å². The number of nitrogens with two attached hydrogens (primary N) is 1. The highest BCUT2D eigenvalue weighted by Crippen LogP contribution is 2.38. The van der Waals surface area contributed by atoms with Gasteiger partial charge in [-0.25, -0.2) is 0 Å². The largest absolute Gasteiger partial charge is 0.372 e. The Morgan fingerprint density at radius 3 is 2.86 bits per heavy atom. The number of ether oxygens (including phenoxy) is 1. The number of hydrogen-bond acceptors (Lipinski definition) is 3.